The van der Waals surface area contributed by atoms with E-state index >= 15 is 0 Å². The van der Waals surface area contributed by atoms with Gasteiger partial charge in [0.2, 0.25) is 0 Å². The van der Waals surface area contributed by atoms with Crippen molar-refractivity contribution in [3.05, 3.63) is 52.2 Å². The van der Waals surface area contributed by atoms with E-state index in [-0.39, 0.29) is 11.8 Å². The molecule has 2 aromatic rings. The Balaban J connectivity index is 1.68. The fourth-order valence-corrected chi connectivity index (χ4v) is 2.49. The van der Waals surface area contributed by atoms with Crippen LogP contribution in [-0.4, -0.2) is 32.0 Å². The summed E-state index contributed by atoms with van der Waals surface area (Å²) in [6.07, 6.45) is 0.673. The molecule has 0 unspecified atom stereocenters. The van der Waals surface area contributed by atoms with E-state index in [4.69, 9.17) is 4.74 Å². The third-order valence-electron chi connectivity index (χ3n) is 3.00. The van der Waals surface area contributed by atoms with Gasteiger partial charge >= 0.3 is 0 Å². The average Bonchev–Trinajstić information content (AvgIpc) is 3.08. The normalized spacial score (nSPS) is 10.0. The Morgan fingerprint density at radius 3 is 2.55 bits per heavy atom. The zero-order valence-electron chi connectivity index (χ0n) is 12.3. The molecule has 2 rings (SSSR count). The molecule has 0 bridgehead atoms. The van der Waals surface area contributed by atoms with Crippen molar-refractivity contribution in [1.82, 2.24) is 10.6 Å². The van der Waals surface area contributed by atoms with Crippen LogP contribution in [0.3, 0.4) is 0 Å². The molecule has 0 saturated carbocycles. The number of thiophene rings is 1. The molecule has 5 nitrogen and oxygen atoms in total. The highest BCUT2D eigenvalue weighted by Crippen LogP contribution is 2.12. The molecule has 22 heavy (non-hydrogen) atoms. The molecule has 0 aliphatic carbocycles. The molecule has 0 spiro atoms. The molecule has 0 aliphatic rings. The predicted molar refractivity (Wildman–Crippen MR) is 86.6 cm³/mol. The van der Waals surface area contributed by atoms with Crippen LogP contribution < -0.4 is 15.4 Å². The number of rotatable bonds is 7. The number of carbonyl (C=O) groups excluding carboxylic acids is 2. The Hall–Kier alpha value is -2.34. The highest BCUT2D eigenvalue weighted by molar-refractivity contribution is 7.12. The first-order valence-corrected chi connectivity index (χ1v) is 7.82. The zero-order valence-corrected chi connectivity index (χ0v) is 13.1. The van der Waals surface area contributed by atoms with Crippen molar-refractivity contribution in [3.8, 4) is 5.75 Å². The minimum Gasteiger partial charge on any atom is -0.497 e. The molecule has 0 aliphatic heterocycles. The lowest BCUT2D eigenvalue weighted by molar-refractivity contribution is 0.0952. The predicted octanol–water partition coefficient (Wildman–Crippen LogP) is 2.31. The van der Waals surface area contributed by atoms with Crippen LogP contribution >= 0.6 is 11.3 Å². The molecule has 1 aromatic heterocycles. The van der Waals surface area contributed by atoms with E-state index in [0.29, 0.717) is 35.7 Å². The summed E-state index contributed by atoms with van der Waals surface area (Å²) in [4.78, 5) is 24.3. The summed E-state index contributed by atoms with van der Waals surface area (Å²) in [6, 6.07) is 10.6. The number of ether oxygens (including phenoxy) is 1. The van der Waals surface area contributed by atoms with Gasteiger partial charge in [-0.15, -0.1) is 11.3 Å². The van der Waals surface area contributed by atoms with Gasteiger partial charge in [0.05, 0.1) is 12.0 Å². The SMILES string of the molecule is COc1cccc(C(=O)NCCCNC(=O)c2cccs2)c1. The second kappa shape index (κ2) is 8.19. The molecular weight excluding hydrogens is 300 g/mol. The molecule has 0 radical (unpaired) electrons. The van der Waals surface area contributed by atoms with Crippen LogP contribution in [0.15, 0.2) is 41.8 Å². The fraction of sp³-hybridized carbons (Fsp3) is 0.250. The lowest BCUT2D eigenvalue weighted by Gasteiger charge is -2.07. The quantitative estimate of drug-likeness (QED) is 0.770. The number of methoxy groups -OCH3 is 1. The van der Waals surface area contributed by atoms with E-state index in [2.05, 4.69) is 10.6 Å². The van der Waals surface area contributed by atoms with Crippen molar-refractivity contribution in [2.45, 2.75) is 6.42 Å². The largest absolute Gasteiger partial charge is 0.497 e. The Morgan fingerprint density at radius 2 is 1.86 bits per heavy atom. The first-order chi connectivity index (χ1) is 10.7. The van der Waals surface area contributed by atoms with Crippen molar-refractivity contribution < 1.29 is 14.3 Å². The van der Waals surface area contributed by atoms with Gasteiger partial charge in [0.25, 0.3) is 11.8 Å². The molecule has 2 amide bonds. The zero-order chi connectivity index (χ0) is 15.8. The maximum Gasteiger partial charge on any atom is 0.261 e. The van der Waals surface area contributed by atoms with Gasteiger partial charge in [0.1, 0.15) is 5.75 Å². The maximum atomic E-state index is 11.9. The summed E-state index contributed by atoms with van der Waals surface area (Å²) in [5.41, 5.74) is 0.557. The van der Waals surface area contributed by atoms with Crippen molar-refractivity contribution in [2.24, 2.45) is 0 Å². The summed E-state index contributed by atoms with van der Waals surface area (Å²) in [7, 11) is 1.56. The van der Waals surface area contributed by atoms with Gasteiger partial charge in [-0.2, -0.15) is 0 Å². The first-order valence-electron chi connectivity index (χ1n) is 6.94. The third-order valence-corrected chi connectivity index (χ3v) is 3.87. The van der Waals surface area contributed by atoms with Crippen LogP contribution in [-0.2, 0) is 0 Å². The summed E-state index contributed by atoms with van der Waals surface area (Å²) in [5.74, 6) is 0.425. The highest BCUT2D eigenvalue weighted by atomic mass is 32.1. The van der Waals surface area contributed by atoms with Gasteiger partial charge in [-0.1, -0.05) is 12.1 Å². The average molecular weight is 318 g/mol. The smallest absolute Gasteiger partial charge is 0.261 e. The Bertz CT molecular complexity index is 626. The minimum atomic E-state index is -0.150. The number of hydrogen-bond donors (Lipinski definition) is 2. The number of amides is 2. The highest BCUT2D eigenvalue weighted by Gasteiger charge is 2.07. The monoisotopic (exact) mass is 318 g/mol. The fourth-order valence-electron chi connectivity index (χ4n) is 1.85. The van der Waals surface area contributed by atoms with E-state index in [0.717, 1.165) is 0 Å². The Kier molecular flexibility index (Phi) is 5.97. The van der Waals surface area contributed by atoms with E-state index in [9.17, 15) is 9.59 Å². The van der Waals surface area contributed by atoms with E-state index in [1.165, 1.54) is 11.3 Å². The lowest BCUT2D eigenvalue weighted by Crippen LogP contribution is -2.29. The molecule has 0 atom stereocenters. The van der Waals surface area contributed by atoms with E-state index in [1.54, 1.807) is 37.4 Å². The van der Waals surface area contributed by atoms with E-state index in [1.807, 2.05) is 11.4 Å². The second-order valence-electron chi connectivity index (χ2n) is 4.57. The molecular formula is C16H18N2O3S. The molecule has 1 aromatic carbocycles. The van der Waals surface area contributed by atoms with Gasteiger partial charge in [-0.25, -0.2) is 0 Å². The van der Waals surface area contributed by atoms with Crippen molar-refractivity contribution in [2.75, 3.05) is 20.2 Å². The number of carbonyl (C=O) groups is 2. The van der Waals surface area contributed by atoms with Crippen LogP contribution in [0.5, 0.6) is 5.75 Å². The van der Waals surface area contributed by atoms with Crippen LogP contribution in [0, 0.1) is 0 Å². The van der Waals surface area contributed by atoms with Crippen LogP contribution in [0.25, 0.3) is 0 Å². The Morgan fingerprint density at radius 1 is 1.09 bits per heavy atom. The molecule has 0 saturated heterocycles. The van der Waals surface area contributed by atoms with Crippen molar-refractivity contribution >= 4 is 23.2 Å². The van der Waals surface area contributed by atoms with Crippen molar-refractivity contribution in [3.63, 3.8) is 0 Å². The molecule has 1 heterocycles. The maximum absolute atomic E-state index is 11.9. The van der Waals surface area contributed by atoms with E-state index < -0.39 is 0 Å². The standard InChI is InChI=1S/C16H18N2O3S/c1-21-13-6-2-5-12(11-13)15(19)17-8-4-9-18-16(20)14-7-3-10-22-14/h2-3,5-7,10-11H,4,8-9H2,1H3,(H,17,19)(H,18,20). The Labute approximate surface area is 133 Å². The van der Waals surface area contributed by atoms with Gasteiger partial charge in [0, 0.05) is 18.7 Å². The van der Waals surface area contributed by atoms with Crippen LogP contribution in [0.1, 0.15) is 26.5 Å². The molecule has 0 fully saturated rings. The number of nitrogens with one attached hydrogen (secondary N) is 2. The summed E-state index contributed by atoms with van der Waals surface area (Å²) in [6.45, 7) is 1.02. The number of benzene rings is 1. The number of hydrogen-bond acceptors (Lipinski definition) is 4. The van der Waals surface area contributed by atoms with Gasteiger partial charge in [-0.3, -0.25) is 9.59 Å². The minimum absolute atomic E-state index is 0.0749. The first kappa shape index (κ1) is 16.0. The molecule has 2 N–H and O–H groups in total. The summed E-state index contributed by atoms with van der Waals surface area (Å²) >= 11 is 1.41. The second-order valence-corrected chi connectivity index (χ2v) is 5.52. The lowest BCUT2D eigenvalue weighted by atomic mass is 10.2. The molecule has 6 heteroatoms. The topological polar surface area (TPSA) is 67.4 Å². The van der Waals surface area contributed by atoms with Crippen LogP contribution in [0.2, 0.25) is 0 Å². The van der Waals surface area contributed by atoms with Gasteiger partial charge < -0.3 is 15.4 Å². The summed E-state index contributed by atoms with van der Waals surface area (Å²) < 4.78 is 5.08. The summed E-state index contributed by atoms with van der Waals surface area (Å²) in [5, 5.41) is 7.50. The molecule has 116 valence electrons. The third kappa shape index (κ3) is 4.60. The van der Waals surface area contributed by atoms with Crippen molar-refractivity contribution in [1.29, 1.82) is 0 Å². The van der Waals surface area contributed by atoms with Gasteiger partial charge in [0.15, 0.2) is 0 Å². The van der Waals surface area contributed by atoms with Crippen LogP contribution in [0.4, 0.5) is 0 Å². The van der Waals surface area contributed by atoms with Gasteiger partial charge in [-0.05, 0) is 36.1 Å².